The minimum absolute atomic E-state index is 0.0617. The van der Waals surface area contributed by atoms with Crippen molar-refractivity contribution in [2.45, 2.75) is 6.18 Å². The van der Waals surface area contributed by atoms with Gasteiger partial charge in [0.1, 0.15) is 5.69 Å². The average Bonchev–Trinajstić information content (AvgIpc) is 3.02. The molecule has 130 valence electrons. The molecular weight excluding hydrogens is 361 g/mol. The summed E-state index contributed by atoms with van der Waals surface area (Å²) in [6, 6.07) is 16.3. The molecule has 0 bridgehead atoms. The van der Waals surface area contributed by atoms with Crippen LogP contribution in [0.2, 0.25) is 0 Å². The van der Waals surface area contributed by atoms with Gasteiger partial charge in [0, 0.05) is 5.39 Å². The van der Waals surface area contributed by atoms with Crippen LogP contribution in [0, 0.1) is 4.77 Å². The lowest BCUT2D eigenvalue weighted by atomic mass is 10.1. The smallest absolute Gasteiger partial charge is 0.266 e. The number of aromatic nitrogens is 4. The molecule has 2 aromatic carbocycles. The topological polar surface area (TPSA) is 46.5 Å². The first-order valence-corrected chi connectivity index (χ1v) is 8.06. The molecule has 0 aliphatic carbocycles. The number of hydrogen-bond donors (Lipinski definition) is 1. The number of rotatable bonds is 2. The summed E-state index contributed by atoms with van der Waals surface area (Å²) in [5, 5.41) is 7.60. The SMILES string of the molecule is FC(F)(F)c1ccccc1-n1c(-c2ccc3ccccc3n2)n[nH]c1=S. The van der Waals surface area contributed by atoms with Crippen LogP contribution >= 0.6 is 12.2 Å². The summed E-state index contributed by atoms with van der Waals surface area (Å²) in [5.41, 5.74) is 0.255. The van der Waals surface area contributed by atoms with Gasteiger partial charge < -0.3 is 0 Å². The second kappa shape index (κ2) is 6.06. The molecule has 0 fully saturated rings. The van der Waals surface area contributed by atoms with Gasteiger partial charge in [0.25, 0.3) is 0 Å². The molecule has 1 N–H and O–H groups in total. The van der Waals surface area contributed by atoms with Gasteiger partial charge in [-0.2, -0.15) is 18.3 Å². The van der Waals surface area contributed by atoms with E-state index in [9.17, 15) is 13.2 Å². The number of benzene rings is 2. The van der Waals surface area contributed by atoms with Gasteiger partial charge in [0.15, 0.2) is 10.6 Å². The zero-order valence-electron chi connectivity index (χ0n) is 13.2. The van der Waals surface area contributed by atoms with Crippen molar-refractivity contribution in [3.8, 4) is 17.2 Å². The van der Waals surface area contributed by atoms with E-state index in [0.29, 0.717) is 5.69 Å². The van der Waals surface area contributed by atoms with Crippen molar-refractivity contribution in [1.29, 1.82) is 0 Å². The maximum absolute atomic E-state index is 13.4. The molecule has 0 aliphatic heterocycles. The Kier molecular flexibility index (Phi) is 3.84. The lowest BCUT2D eigenvalue weighted by molar-refractivity contribution is -0.137. The van der Waals surface area contributed by atoms with E-state index in [2.05, 4.69) is 15.2 Å². The molecule has 2 heterocycles. The number of nitrogens with zero attached hydrogens (tertiary/aromatic N) is 3. The van der Waals surface area contributed by atoms with Crippen LogP contribution in [-0.4, -0.2) is 19.7 Å². The highest BCUT2D eigenvalue weighted by Crippen LogP contribution is 2.35. The van der Waals surface area contributed by atoms with Crippen LogP contribution in [0.4, 0.5) is 13.2 Å². The van der Waals surface area contributed by atoms with E-state index in [4.69, 9.17) is 12.2 Å². The Hall–Kier alpha value is -3.00. The summed E-state index contributed by atoms with van der Waals surface area (Å²) in [4.78, 5) is 4.51. The standard InChI is InChI=1S/C18H11F3N4S/c19-18(20,21)12-6-2-4-8-15(12)25-16(23-24-17(25)26)14-10-9-11-5-1-3-7-13(11)22-14/h1-10H,(H,24,26). The fourth-order valence-electron chi connectivity index (χ4n) is 2.79. The van der Waals surface area contributed by atoms with E-state index in [-0.39, 0.29) is 16.3 Å². The first-order chi connectivity index (χ1) is 12.4. The van der Waals surface area contributed by atoms with E-state index < -0.39 is 11.7 Å². The number of hydrogen-bond acceptors (Lipinski definition) is 3. The minimum Gasteiger partial charge on any atom is -0.266 e. The third kappa shape index (κ3) is 2.78. The molecule has 26 heavy (non-hydrogen) atoms. The number of nitrogens with one attached hydrogen (secondary N) is 1. The largest absolute Gasteiger partial charge is 0.418 e. The quantitative estimate of drug-likeness (QED) is 0.494. The molecule has 0 saturated carbocycles. The summed E-state index contributed by atoms with van der Waals surface area (Å²) in [6.45, 7) is 0. The van der Waals surface area contributed by atoms with Crippen LogP contribution in [0.3, 0.4) is 0 Å². The Bertz CT molecular complexity index is 1160. The molecule has 8 heteroatoms. The number of halogens is 3. The van der Waals surface area contributed by atoms with Crippen molar-refractivity contribution in [2.24, 2.45) is 0 Å². The number of para-hydroxylation sites is 2. The first kappa shape index (κ1) is 16.5. The Labute approximate surface area is 150 Å². The van der Waals surface area contributed by atoms with Gasteiger partial charge in [-0.15, -0.1) is 0 Å². The minimum atomic E-state index is -4.52. The lowest BCUT2D eigenvalue weighted by Gasteiger charge is -2.14. The molecule has 0 radical (unpaired) electrons. The van der Waals surface area contributed by atoms with E-state index in [1.54, 1.807) is 6.07 Å². The van der Waals surface area contributed by atoms with Crippen molar-refractivity contribution in [1.82, 2.24) is 19.7 Å². The maximum Gasteiger partial charge on any atom is 0.418 e. The second-order valence-corrected chi connectivity index (χ2v) is 5.98. The molecule has 0 spiro atoms. The van der Waals surface area contributed by atoms with Gasteiger partial charge in [0.2, 0.25) is 0 Å². The molecule has 4 rings (SSSR count). The first-order valence-electron chi connectivity index (χ1n) is 7.65. The number of aromatic amines is 1. The third-order valence-electron chi connectivity index (χ3n) is 3.95. The van der Waals surface area contributed by atoms with Crippen molar-refractivity contribution < 1.29 is 13.2 Å². The van der Waals surface area contributed by atoms with Crippen molar-refractivity contribution in [3.05, 3.63) is 71.0 Å². The van der Waals surface area contributed by atoms with Gasteiger partial charge >= 0.3 is 6.18 Å². The van der Waals surface area contributed by atoms with E-state index >= 15 is 0 Å². The number of alkyl halides is 3. The van der Waals surface area contributed by atoms with Crippen LogP contribution < -0.4 is 0 Å². The molecule has 0 aliphatic rings. The zero-order chi connectivity index (χ0) is 18.3. The van der Waals surface area contributed by atoms with Gasteiger partial charge in [-0.1, -0.05) is 36.4 Å². The van der Waals surface area contributed by atoms with Gasteiger partial charge in [0.05, 0.1) is 16.8 Å². The normalized spacial score (nSPS) is 11.8. The lowest BCUT2D eigenvalue weighted by Crippen LogP contribution is -2.11. The Morgan fingerprint density at radius 3 is 2.46 bits per heavy atom. The average molecular weight is 372 g/mol. The zero-order valence-corrected chi connectivity index (χ0v) is 14.0. The predicted molar refractivity (Wildman–Crippen MR) is 94.5 cm³/mol. The van der Waals surface area contributed by atoms with Gasteiger partial charge in [-0.05, 0) is 36.5 Å². The van der Waals surface area contributed by atoms with Crippen molar-refractivity contribution >= 4 is 23.1 Å². The van der Waals surface area contributed by atoms with Crippen LogP contribution in [0.1, 0.15) is 5.56 Å². The highest BCUT2D eigenvalue weighted by atomic mass is 32.1. The summed E-state index contributed by atoms with van der Waals surface area (Å²) in [5.74, 6) is 0.220. The predicted octanol–water partition coefficient (Wildman–Crippen LogP) is 5.16. The van der Waals surface area contributed by atoms with Gasteiger partial charge in [-0.3, -0.25) is 9.67 Å². The fraction of sp³-hybridized carbons (Fsp3) is 0.0556. The van der Waals surface area contributed by atoms with Crippen LogP contribution in [0.25, 0.3) is 28.1 Å². The molecule has 0 amide bonds. The Balaban J connectivity index is 1.96. The van der Waals surface area contributed by atoms with Gasteiger partial charge in [-0.25, -0.2) is 4.98 Å². The number of fused-ring (bicyclic) bond motifs is 1. The highest BCUT2D eigenvalue weighted by Gasteiger charge is 2.34. The maximum atomic E-state index is 13.4. The Morgan fingerprint density at radius 1 is 0.923 bits per heavy atom. The second-order valence-electron chi connectivity index (χ2n) is 5.59. The van der Waals surface area contributed by atoms with Crippen LogP contribution in [0.5, 0.6) is 0 Å². The number of pyridine rings is 1. The molecule has 4 nitrogen and oxygen atoms in total. The third-order valence-corrected chi connectivity index (χ3v) is 4.22. The Morgan fingerprint density at radius 2 is 1.65 bits per heavy atom. The summed E-state index contributed by atoms with van der Waals surface area (Å²) in [7, 11) is 0. The van der Waals surface area contributed by atoms with E-state index in [0.717, 1.165) is 17.0 Å². The highest BCUT2D eigenvalue weighted by molar-refractivity contribution is 7.71. The van der Waals surface area contributed by atoms with E-state index in [1.165, 1.54) is 22.8 Å². The number of H-pyrrole nitrogens is 1. The van der Waals surface area contributed by atoms with Crippen molar-refractivity contribution in [3.63, 3.8) is 0 Å². The van der Waals surface area contributed by atoms with E-state index in [1.807, 2.05) is 30.3 Å². The molecular formula is C18H11F3N4S. The summed E-state index contributed by atoms with van der Waals surface area (Å²) >= 11 is 5.18. The van der Waals surface area contributed by atoms with Crippen LogP contribution in [0.15, 0.2) is 60.7 Å². The molecule has 0 saturated heterocycles. The fourth-order valence-corrected chi connectivity index (χ4v) is 3.02. The molecule has 0 atom stereocenters. The van der Waals surface area contributed by atoms with Crippen molar-refractivity contribution in [2.75, 3.05) is 0 Å². The molecule has 2 aromatic heterocycles. The monoisotopic (exact) mass is 372 g/mol. The molecule has 0 unspecified atom stereocenters. The summed E-state index contributed by atoms with van der Waals surface area (Å²) in [6.07, 6.45) is -4.52. The summed E-state index contributed by atoms with van der Waals surface area (Å²) < 4.78 is 41.6. The van der Waals surface area contributed by atoms with Crippen LogP contribution in [-0.2, 0) is 6.18 Å². The molecule has 4 aromatic rings.